The van der Waals surface area contributed by atoms with Crippen LogP contribution in [0.2, 0.25) is 0 Å². The van der Waals surface area contributed by atoms with Gasteiger partial charge >= 0.3 is 0 Å². The third-order valence-corrected chi connectivity index (χ3v) is 2.90. The van der Waals surface area contributed by atoms with E-state index in [1.807, 2.05) is 12.1 Å². The van der Waals surface area contributed by atoms with Gasteiger partial charge in [-0.05, 0) is 17.5 Å². The highest BCUT2D eigenvalue weighted by molar-refractivity contribution is 5.49. The molecule has 0 bridgehead atoms. The van der Waals surface area contributed by atoms with Gasteiger partial charge in [-0.2, -0.15) is 0 Å². The van der Waals surface area contributed by atoms with Crippen LogP contribution in [0.3, 0.4) is 0 Å². The fourth-order valence-electron chi connectivity index (χ4n) is 1.91. The van der Waals surface area contributed by atoms with E-state index in [0.29, 0.717) is 13.0 Å². The number of hydrogen-bond acceptors (Lipinski definition) is 4. The molecule has 0 aliphatic carbocycles. The summed E-state index contributed by atoms with van der Waals surface area (Å²) in [7, 11) is 3.35. The zero-order valence-electron chi connectivity index (χ0n) is 11.9. The number of hydrogen-bond donors (Lipinski definition) is 1. The van der Waals surface area contributed by atoms with Crippen LogP contribution in [0.15, 0.2) is 12.1 Å². The van der Waals surface area contributed by atoms with E-state index in [2.05, 4.69) is 25.6 Å². The molecule has 0 saturated heterocycles. The van der Waals surface area contributed by atoms with Crippen molar-refractivity contribution < 1.29 is 14.3 Å². The SMILES string of the molecule is COc1cc(C(C)(C)C)c(OC)cc1CCON. The van der Waals surface area contributed by atoms with Crippen molar-refractivity contribution in [2.75, 3.05) is 20.8 Å². The summed E-state index contributed by atoms with van der Waals surface area (Å²) in [6.07, 6.45) is 0.695. The second-order valence-corrected chi connectivity index (χ2v) is 5.24. The van der Waals surface area contributed by atoms with Crippen molar-refractivity contribution in [1.29, 1.82) is 0 Å². The lowest BCUT2D eigenvalue weighted by Gasteiger charge is -2.24. The molecule has 0 amide bonds. The lowest BCUT2D eigenvalue weighted by Crippen LogP contribution is -2.14. The lowest BCUT2D eigenvalue weighted by molar-refractivity contribution is 0.140. The van der Waals surface area contributed by atoms with Crippen LogP contribution in [0.4, 0.5) is 0 Å². The van der Waals surface area contributed by atoms with E-state index in [1.54, 1.807) is 14.2 Å². The molecule has 0 unspecified atom stereocenters. The maximum atomic E-state index is 5.46. The Morgan fingerprint density at radius 3 is 2.11 bits per heavy atom. The molecule has 0 saturated carbocycles. The van der Waals surface area contributed by atoms with Gasteiger partial charge in [-0.15, -0.1) is 0 Å². The van der Waals surface area contributed by atoms with E-state index in [0.717, 1.165) is 22.6 Å². The molecule has 0 aliphatic heterocycles. The maximum absolute atomic E-state index is 5.46. The first kappa shape index (κ1) is 14.8. The average molecular weight is 253 g/mol. The first-order valence-corrected chi connectivity index (χ1v) is 6.01. The number of methoxy groups -OCH3 is 2. The molecule has 0 fully saturated rings. The van der Waals surface area contributed by atoms with Crippen molar-refractivity contribution in [2.24, 2.45) is 5.90 Å². The lowest BCUT2D eigenvalue weighted by atomic mass is 9.85. The minimum Gasteiger partial charge on any atom is -0.496 e. The molecular weight excluding hydrogens is 230 g/mol. The van der Waals surface area contributed by atoms with Crippen LogP contribution in [-0.2, 0) is 16.7 Å². The number of ether oxygens (including phenoxy) is 2. The molecule has 1 aromatic carbocycles. The largest absolute Gasteiger partial charge is 0.496 e. The second-order valence-electron chi connectivity index (χ2n) is 5.24. The van der Waals surface area contributed by atoms with Crippen molar-refractivity contribution in [3.8, 4) is 11.5 Å². The third kappa shape index (κ3) is 3.37. The molecule has 0 atom stereocenters. The predicted octanol–water partition coefficient (Wildman–Crippen LogP) is 2.43. The highest BCUT2D eigenvalue weighted by Crippen LogP contribution is 2.36. The van der Waals surface area contributed by atoms with E-state index in [9.17, 15) is 0 Å². The summed E-state index contributed by atoms with van der Waals surface area (Å²) in [6, 6.07) is 4.03. The van der Waals surface area contributed by atoms with Gasteiger partial charge in [0.1, 0.15) is 11.5 Å². The topological polar surface area (TPSA) is 53.7 Å². The van der Waals surface area contributed by atoms with Gasteiger partial charge in [0.05, 0.1) is 20.8 Å². The molecule has 18 heavy (non-hydrogen) atoms. The van der Waals surface area contributed by atoms with Crippen LogP contribution >= 0.6 is 0 Å². The van der Waals surface area contributed by atoms with Crippen LogP contribution in [-0.4, -0.2) is 20.8 Å². The first-order chi connectivity index (χ1) is 8.43. The quantitative estimate of drug-likeness (QED) is 0.819. The van der Waals surface area contributed by atoms with Gasteiger partial charge in [-0.1, -0.05) is 20.8 Å². The molecular formula is C14H23NO3. The molecule has 1 rings (SSSR count). The van der Waals surface area contributed by atoms with Crippen LogP contribution in [0.5, 0.6) is 11.5 Å². The Hall–Kier alpha value is -1.26. The van der Waals surface area contributed by atoms with Crippen molar-refractivity contribution in [2.45, 2.75) is 32.6 Å². The van der Waals surface area contributed by atoms with Crippen LogP contribution < -0.4 is 15.4 Å². The number of nitrogens with two attached hydrogens (primary N) is 1. The Balaban J connectivity index is 3.23. The smallest absolute Gasteiger partial charge is 0.123 e. The Morgan fingerprint density at radius 2 is 1.67 bits per heavy atom. The van der Waals surface area contributed by atoms with Gasteiger partial charge < -0.3 is 14.3 Å². The summed E-state index contributed by atoms with van der Waals surface area (Å²) in [5, 5.41) is 0. The van der Waals surface area contributed by atoms with Crippen molar-refractivity contribution in [3.05, 3.63) is 23.3 Å². The molecule has 0 heterocycles. The molecule has 2 N–H and O–H groups in total. The Kier molecular flexibility index (Phi) is 4.99. The first-order valence-electron chi connectivity index (χ1n) is 6.01. The van der Waals surface area contributed by atoms with Gasteiger partial charge in [0.2, 0.25) is 0 Å². The minimum atomic E-state index is 0.00151. The molecule has 1 aromatic rings. The molecule has 0 aromatic heterocycles. The van der Waals surface area contributed by atoms with E-state index in [4.69, 9.17) is 15.4 Å². The van der Waals surface area contributed by atoms with Gasteiger partial charge in [0.15, 0.2) is 0 Å². The standard InChI is InChI=1S/C14H23NO3/c1-14(2,3)11-9-12(16-4)10(6-7-18-15)8-13(11)17-5/h8-9H,6-7,15H2,1-5H3. The highest BCUT2D eigenvalue weighted by Gasteiger charge is 2.21. The Morgan fingerprint density at radius 1 is 1.06 bits per heavy atom. The average Bonchev–Trinajstić information content (AvgIpc) is 2.33. The molecule has 102 valence electrons. The van der Waals surface area contributed by atoms with Crippen LogP contribution in [0, 0.1) is 0 Å². The zero-order valence-corrected chi connectivity index (χ0v) is 11.9. The molecule has 0 aliphatic rings. The summed E-state index contributed by atoms with van der Waals surface area (Å²) in [5.74, 6) is 6.78. The number of benzene rings is 1. The molecule has 0 spiro atoms. The summed E-state index contributed by atoms with van der Waals surface area (Å²) in [5.41, 5.74) is 2.16. The van der Waals surface area contributed by atoms with E-state index < -0.39 is 0 Å². The minimum absolute atomic E-state index is 0.00151. The predicted molar refractivity (Wildman–Crippen MR) is 72.1 cm³/mol. The van der Waals surface area contributed by atoms with Crippen molar-refractivity contribution >= 4 is 0 Å². The highest BCUT2D eigenvalue weighted by atomic mass is 16.6. The normalized spacial score (nSPS) is 11.4. The van der Waals surface area contributed by atoms with Gasteiger partial charge in [-0.3, -0.25) is 0 Å². The fourth-order valence-corrected chi connectivity index (χ4v) is 1.91. The van der Waals surface area contributed by atoms with Gasteiger partial charge in [0.25, 0.3) is 0 Å². The summed E-state index contributed by atoms with van der Waals surface area (Å²) in [6.45, 7) is 6.89. The Bertz CT molecular complexity index is 397. The van der Waals surface area contributed by atoms with E-state index >= 15 is 0 Å². The van der Waals surface area contributed by atoms with E-state index in [1.165, 1.54) is 0 Å². The zero-order chi connectivity index (χ0) is 13.8. The van der Waals surface area contributed by atoms with Crippen LogP contribution in [0.25, 0.3) is 0 Å². The monoisotopic (exact) mass is 253 g/mol. The third-order valence-electron chi connectivity index (χ3n) is 2.90. The molecule has 4 heteroatoms. The van der Waals surface area contributed by atoms with Gasteiger partial charge in [0, 0.05) is 17.5 Å². The molecule has 0 radical (unpaired) electrons. The number of rotatable bonds is 5. The summed E-state index contributed by atoms with van der Waals surface area (Å²) < 4.78 is 10.9. The van der Waals surface area contributed by atoms with Crippen molar-refractivity contribution in [3.63, 3.8) is 0 Å². The fraction of sp³-hybridized carbons (Fsp3) is 0.571. The van der Waals surface area contributed by atoms with Gasteiger partial charge in [-0.25, -0.2) is 5.90 Å². The van der Waals surface area contributed by atoms with E-state index in [-0.39, 0.29) is 5.41 Å². The van der Waals surface area contributed by atoms with Crippen LogP contribution in [0.1, 0.15) is 31.9 Å². The summed E-state index contributed by atoms with van der Waals surface area (Å²) in [4.78, 5) is 4.62. The molecule has 4 nitrogen and oxygen atoms in total. The second kappa shape index (κ2) is 6.07. The summed E-state index contributed by atoms with van der Waals surface area (Å²) >= 11 is 0. The Labute approximate surface area is 109 Å². The maximum Gasteiger partial charge on any atom is 0.123 e. The van der Waals surface area contributed by atoms with Crippen molar-refractivity contribution in [1.82, 2.24) is 0 Å².